The third-order valence-electron chi connectivity index (χ3n) is 1.95. The Labute approximate surface area is 133 Å². The molecule has 0 fully saturated rings. The molecule has 0 atom stereocenters. The number of benzene rings is 1. The first kappa shape index (κ1) is 16.3. The van der Waals surface area contributed by atoms with Crippen LogP contribution in [0.4, 0.5) is 8.78 Å². The van der Waals surface area contributed by atoms with E-state index in [1.165, 1.54) is 6.07 Å². The summed E-state index contributed by atoms with van der Waals surface area (Å²) in [5.41, 5.74) is -0.294. The van der Waals surface area contributed by atoms with E-state index in [2.05, 4.69) is 4.74 Å². The molecule has 19 heavy (non-hydrogen) atoms. The highest BCUT2D eigenvalue weighted by Crippen LogP contribution is 2.28. The number of aromatic hydroxyl groups is 1. The molecule has 0 spiro atoms. The molecule has 0 saturated heterocycles. The first-order valence-corrected chi connectivity index (χ1v) is 6.77. The number of carboxylic acid groups (broad SMARTS) is 1. The molecule has 0 unspecified atom stereocenters. The van der Waals surface area contributed by atoms with Gasteiger partial charge in [0.25, 0.3) is 0 Å². The minimum Gasteiger partial charge on any atom is -0.506 e. The van der Waals surface area contributed by atoms with E-state index in [-0.39, 0.29) is 5.56 Å². The molecule has 5 nitrogen and oxygen atoms in total. The molecule has 0 radical (unpaired) electrons. The first-order chi connectivity index (χ1) is 8.65. The van der Waals surface area contributed by atoms with Gasteiger partial charge in [-0.25, -0.2) is 9.59 Å². The monoisotopic (exact) mass is 498 g/mol. The quantitative estimate of drug-likeness (QED) is 0.493. The Morgan fingerprint density at radius 1 is 1.32 bits per heavy atom. The smallest absolute Gasteiger partial charge is 0.378 e. The molecule has 0 bridgehead atoms. The van der Waals surface area contributed by atoms with Gasteiger partial charge in [-0.05, 0) is 57.3 Å². The van der Waals surface area contributed by atoms with Crippen molar-refractivity contribution >= 4 is 57.1 Å². The maximum atomic E-state index is 12.7. The molecule has 1 aromatic carbocycles. The van der Waals surface area contributed by atoms with Gasteiger partial charge < -0.3 is 14.9 Å². The lowest BCUT2D eigenvalue weighted by Gasteiger charge is -2.12. The zero-order chi connectivity index (χ0) is 14.8. The molecule has 0 saturated carbocycles. The van der Waals surface area contributed by atoms with Crippen molar-refractivity contribution in [2.45, 2.75) is 5.92 Å². The molecule has 9 heteroatoms. The van der Waals surface area contributed by atoms with Gasteiger partial charge in [-0.3, -0.25) is 0 Å². The third kappa shape index (κ3) is 4.12. The van der Waals surface area contributed by atoms with Crippen molar-refractivity contribution in [1.82, 2.24) is 0 Å². The van der Waals surface area contributed by atoms with E-state index in [1.807, 2.05) is 22.6 Å². The molecule has 0 aliphatic heterocycles. The second kappa shape index (κ2) is 6.15. The van der Waals surface area contributed by atoms with Gasteiger partial charge in [0.15, 0.2) is 6.61 Å². The summed E-state index contributed by atoms with van der Waals surface area (Å²) in [5, 5.41) is 17.8. The van der Waals surface area contributed by atoms with Crippen LogP contribution in [0.25, 0.3) is 0 Å². The normalized spacial score (nSPS) is 11.2. The van der Waals surface area contributed by atoms with E-state index in [1.54, 1.807) is 28.7 Å². The number of rotatable bonds is 4. The molecule has 0 aromatic heterocycles. The lowest BCUT2D eigenvalue weighted by atomic mass is 10.2. The van der Waals surface area contributed by atoms with Crippen molar-refractivity contribution in [3.63, 3.8) is 0 Å². The fourth-order valence-corrected chi connectivity index (χ4v) is 2.86. The van der Waals surface area contributed by atoms with Crippen molar-refractivity contribution in [2.24, 2.45) is 0 Å². The Balaban J connectivity index is 2.88. The fraction of sp³-hybridized carbons (Fsp3) is 0.200. The molecule has 2 N–H and O–H groups in total. The number of carboxylic acids is 1. The van der Waals surface area contributed by atoms with Crippen LogP contribution in [0.1, 0.15) is 10.4 Å². The number of esters is 1. The van der Waals surface area contributed by atoms with E-state index in [0.717, 1.165) is 0 Å². The molecule has 104 valence electrons. The number of alkyl halides is 2. The van der Waals surface area contributed by atoms with Crippen molar-refractivity contribution in [1.29, 1.82) is 0 Å². The highest BCUT2D eigenvalue weighted by Gasteiger charge is 2.40. The molecule has 0 aliphatic rings. The van der Waals surface area contributed by atoms with Gasteiger partial charge in [-0.2, -0.15) is 8.78 Å². The number of carbonyl (C=O) groups is 2. The van der Waals surface area contributed by atoms with Gasteiger partial charge in [-0.15, -0.1) is 0 Å². The standard InChI is InChI=1S/C10H6F2I2O5/c11-10(12,9(17)18)3-19-8(16)5-1-4(13)2-6(14)7(5)15/h1-2,15H,3H2,(H,17,18). The number of carbonyl (C=O) groups excluding carboxylic acids is 1. The molecule has 1 rings (SSSR count). The zero-order valence-corrected chi connectivity index (χ0v) is 13.3. The summed E-state index contributed by atoms with van der Waals surface area (Å²) in [7, 11) is 0. The maximum absolute atomic E-state index is 12.7. The van der Waals surface area contributed by atoms with Gasteiger partial charge in [0.2, 0.25) is 0 Å². The average Bonchev–Trinajstić information content (AvgIpc) is 2.30. The van der Waals surface area contributed by atoms with E-state index in [4.69, 9.17) is 5.11 Å². The number of phenolic OH excluding ortho intramolecular Hbond substituents is 1. The van der Waals surface area contributed by atoms with Crippen LogP contribution >= 0.6 is 45.2 Å². The topological polar surface area (TPSA) is 83.8 Å². The van der Waals surface area contributed by atoms with Gasteiger partial charge in [0, 0.05) is 3.57 Å². The van der Waals surface area contributed by atoms with Crippen LogP contribution in [-0.2, 0) is 9.53 Å². The summed E-state index contributed by atoms with van der Waals surface area (Å²) < 4.78 is 30.6. The summed E-state index contributed by atoms with van der Waals surface area (Å²) in [6, 6.07) is 2.82. The van der Waals surface area contributed by atoms with Gasteiger partial charge in [0.05, 0.1) is 3.57 Å². The Morgan fingerprint density at radius 3 is 2.42 bits per heavy atom. The molecule has 1 aromatic rings. The summed E-state index contributed by atoms with van der Waals surface area (Å²) >= 11 is 3.63. The van der Waals surface area contributed by atoms with E-state index < -0.39 is 30.2 Å². The van der Waals surface area contributed by atoms with E-state index in [9.17, 15) is 23.5 Å². The number of hydrogen-bond acceptors (Lipinski definition) is 4. The zero-order valence-electron chi connectivity index (χ0n) is 8.99. The lowest BCUT2D eigenvalue weighted by molar-refractivity contribution is -0.170. The highest BCUT2D eigenvalue weighted by molar-refractivity contribution is 14.1. The molecular formula is C10H6F2I2O5. The lowest BCUT2D eigenvalue weighted by Crippen LogP contribution is -2.34. The van der Waals surface area contributed by atoms with Crippen LogP contribution in [0, 0.1) is 7.14 Å². The number of hydrogen-bond donors (Lipinski definition) is 2. The highest BCUT2D eigenvalue weighted by atomic mass is 127. The van der Waals surface area contributed by atoms with Crippen LogP contribution in [0.5, 0.6) is 5.75 Å². The molecule has 0 amide bonds. The van der Waals surface area contributed by atoms with Crippen LogP contribution in [0.3, 0.4) is 0 Å². The van der Waals surface area contributed by atoms with Crippen LogP contribution in [-0.4, -0.2) is 34.7 Å². The van der Waals surface area contributed by atoms with Crippen molar-refractivity contribution in [3.8, 4) is 5.75 Å². The largest absolute Gasteiger partial charge is 0.506 e. The number of halogens is 4. The Hall–Kier alpha value is -0.720. The molecule has 0 heterocycles. The Kier molecular flexibility index (Phi) is 5.29. The summed E-state index contributed by atoms with van der Waals surface area (Å²) in [5.74, 6) is -8.17. The fourth-order valence-electron chi connectivity index (χ4n) is 1.02. The summed E-state index contributed by atoms with van der Waals surface area (Å²) in [4.78, 5) is 21.7. The first-order valence-electron chi connectivity index (χ1n) is 4.61. The van der Waals surface area contributed by atoms with E-state index in [0.29, 0.717) is 7.14 Å². The number of ether oxygens (including phenoxy) is 1. The Bertz CT molecular complexity index is 533. The van der Waals surface area contributed by atoms with Gasteiger partial charge >= 0.3 is 17.9 Å². The minimum absolute atomic E-state index is 0.294. The predicted octanol–water partition coefficient (Wildman–Crippen LogP) is 2.48. The second-order valence-corrected chi connectivity index (χ2v) is 5.78. The average molecular weight is 498 g/mol. The van der Waals surface area contributed by atoms with Gasteiger partial charge in [-0.1, -0.05) is 0 Å². The summed E-state index contributed by atoms with van der Waals surface area (Å²) in [6.45, 7) is -1.59. The summed E-state index contributed by atoms with van der Waals surface area (Å²) in [6.07, 6.45) is 0. The van der Waals surface area contributed by atoms with E-state index >= 15 is 0 Å². The van der Waals surface area contributed by atoms with Crippen LogP contribution in [0.2, 0.25) is 0 Å². The van der Waals surface area contributed by atoms with Crippen molar-refractivity contribution in [2.75, 3.05) is 6.61 Å². The molecular weight excluding hydrogens is 492 g/mol. The van der Waals surface area contributed by atoms with Crippen LogP contribution < -0.4 is 0 Å². The third-order valence-corrected chi connectivity index (χ3v) is 3.39. The number of phenols is 1. The molecule has 0 aliphatic carbocycles. The number of aliphatic carboxylic acids is 1. The van der Waals surface area contributed by atoms with Crippen molar-refractivity contribution < 1.29 is 33.3 Å². The minimum atomic E-state index is -4.17. The van der Waals surface area contributed by atoms with Crippen LogP contribution in [0.15, 0.2) is 12.1 Å². The van der Waals surface area contributed by atoms with Gasteiger partial charge in [0.1, 0.15) is 11.3 Å². The SMILES string of the molecule is O=C(OCC(F)(F)C(=O)O)c1cc(I)cc(I)c1O. The predicted molar refractivity (Wildman–Crippen MR) is 76.4 cm³/mol. The maximum Gasteiger partial charge on any atom is 0.378 e. The second-order valence-electron chi connectivity index (χ2n) is 3.37. The Morgan fingerprint density at radius 2 is 1.89 bits per heavy atom. The van der Waals surface area contributed by atoms with Crippen molar-refractivity contribution in [3.05, 3.63) is 24.8 Å².